The summed E-state index contributed by atoms with van der Waals surface area (Å²) in [5, 5.41) is 13.2. The van der Waals surface area contributed by atoms with Crippen molar-refractivity contribution in [1.82, 2.24) is 5.32 Å². The highest BCUT2D eigenvalue weighted by molar-refractivity contribution is 5.47. The number of anilines is 1. The van der Waals surface area contributed by atoms with Gasteiger partial charge in [-0.15, -0.1) is 0 Å². The van der Waals surface area contributed by atoms with E-state index in [-0.39, 0.29) is 12.1 Å². The lowest BCUT2D eigenvalue weighted by Gasteiger charge is -2.30. The molecule has 1 saturated carbocycles. The zero-order valence-electron chi connectivity index (χ0n) is 11.6. The molecule has 2 N–H and O–H groups in total. The zero-order chi connectivity index (χ0) is 13.2. The smallest absolute Gasteiger partial charge is 0.0652 e. The first-order valence-electron chi connectivity index (χ1n) is 6.69. The number of aliphatic hydroxyl groups excluding tert-OH is 1. The first kappa shape index (κ1) is 13.4. The molecule has 0 heterocycles. The van der Waals surface area contributed by atoms with Crippen molar-refractivity contribution < 1.29 is 5.11 Å². The normalized spacial score (nSPS) is 18.4. The largest absolute Gasteiger partial charge is 0.394 e. The molecule has 0 aliphatic heterocycles. The van der Waals surface area contributed by atoms with Gasteiger partial charge < -0.3 is 15.3 Å². The molecule has 18 heavy (non-hydrogen) atoms. The average Bonchev–Trinajstić information content (AvgIpc) is 3.20. The Kier molecular flexibility index (Phi) is 3.93. The third-order valence-electron chi connectivity index (χ3n) is 3.81. The molecule has 3 heteroatoms. The number of hydrogen-bond donors (Lipinski definition) is 2. The second kappa shape index (κ2) is 5.29. The van der Waals surface area contributed by atoms with Crippen molar-refractivity contribution in [3.05, 3.63) is 29.8 Å². The summed E-state index contributed by atoms with van der Waals surface area (Å²) in [5.41, 5.74) is 2.01. The summed E-state index contributed by atoms with van der Waals surface area (Å²) in [4.78, 5) is 2.08. The summed E-state index contributed by atoms with van der Waals surface area (Å²) in [7, 11) is 4.07. The van der Waals surface area contributed by atoms with Crippen molar-refractivity contribution in [2.24, 2.45) is 5.92 Å². The van der Waals surface area contributed by atoms with Gasteiger partial charge in [0.15, 0.2) is 0 Å². The molecule has 0 amide bonds. The minimum absolute atomic E-state index is 0.126. The molecule has 1 atom stereocenters. The molecular formula is C15H24N2O. The van der Waals surface area contributed by atoms with Crippen molar-refractivity contribution in [1.29, 1.82) is 0 Å². The summed E-state index contributed by atoms with van der Waals surface area (Å²) in [6.45, 7) is 3.20. The van der Waals surface area contributed by atoms with Gasteiger partial charge in [0.05, 0.1) is 12.1 Å². The van der Waals surface area contributed by atoms with E-state index in [0.29, 0.717) is 0 Å². The van der Waals surface area contributed by atoms with Crippen molar-refractivity contribution >= 4 is 5.69 Å². The van der Waals surface area contributed by atoms with Gasteiger partial charge in [0.1, 0.15) is 0 Å². The van der Waals surface area contributed by atoms with Crippen LogP contribution in [0.1, 0.15) is 25.3 Å². The van der Waals surface area contributed by atoms with Gasteiger partial charge in [-0.1, -0.05) is 12.1 Å². The Morgan fingerprint density at radius 3 is 2.33 bits per heavy atom. The predicted molar refractivity (Wildman–Crippen MR) is 75.9 cm³/mol. The van der Waals surface area contributed by atoms with E-state index in [1.807, 2.05) is 14.1 Å². The molecule has 100 valence electrons. The van der Waals surface area contributed by atoms with E-state index in [2.05, 4.69) is 41.4 Å². The SMILES string of the molecule is CN(C)c1ccc(C(C)(CO)NCC2CC2)cc1. The van der Waals surface area contributed by atoms with Crippen LogP contribution in [-0.4, -0.2) is 32.4 Å². The van der Waals surface area contributed by atoms with Crippen LogP contribution >= 0.6 is 0 Å². The Balaban J connectivity index is 2.09. The van der Waals surface area contributed by atoms with Crippen molar-refractivity contribution in [2.45, 2.75) is 25.3 Å². The fourth-order valence-corrected chi connectivity index (χ4v) is 2.07. The Morgan fingerprint density at radius 2 is 1.89 bits per heavy atom. The molecule has 0 spiro atoms. The second-order valence-corrected chi connectivity index (χ2v) is 5.76. The summed E-state index contributed by atoms with van der Waals surface area (Å²) >= 11 is 0. The van der Waals surface area contributed by atoms with E-state index in [1.165, 1.54) is 18.5 Å². The van der Waals surface area contributed by atoms with Crippen LogP contribution in [-0.2, 0) is 5.54 Å². The monoisotopic (exact) mass is 248 g/mol. The molecule has 1 fully saturated rings. The predicted octanol–water partition coefficient (Wildman–Crippen LogP) is 1.96. The first-order chi connectivity index (χ1) is 8.55. The topological polar surface area (TPSA) is 35.5 Å². The molecule has 0 bridgehead atoms. The molecule has 1 aromatic carbocycles. The van der Waals surface area contributed by atoms with Crippen LogP contribution in [0.25, 0.3) is 0 Å². The van der Waals surface area contributed by atoms with Gasteiger partial charge in [-0.05, 0) is 49.9 Å². The second-order valence-electron chi connectivity index (χ2n) is 5.76. The van der Waals surface area contributed by atoms with Gasteiger partial charge in [0.2, 0.25) is 0 Å². The lowest BCUT2D eigenvalue weighted by molar-refractivity contribution is 0.174. The van der Waals surface area contributed by atoms with E-state index in [9.17, 15) is 5.11 Å². The quantitative estimate of drug-likeness (QED) is 0.808. The van der Waals surface area contributed by atoms with Gasteiger partial charge in [-0.2, -0.15) is 0 Å². The van der Waals surface area contributed by atoms with Crippen LogP contribution in [0.15, 0.2) is 24.3 Å². The number of nitrogens with one attached hydrogen (secondary N) is 1. The molecule has 0 saturated heterocycles. The third kappa shape index (κ3) is 3.03. The number of aliphatic hydroxyl groups is 1. The van der Waals surface area contributed by atoms with Crippen LogP contribution in [0, 0.1) is 5.92 Å². The minimum atomic E-state index is -0.326. The van der Waals surface area contributed by atoms with E-state index < -0.39 is 0 Å². The Bertz CT molecular complexity index is 384. The average molecular weight is 248 g/mol. The van der Waals surface area contributed by atoms with E-state index >= 15 is 0 Å². The summed E-state index contributed by atoms with van der Waals surface area (Å²) in [5.74, 6) is 0.817. The highest BCUT2D eigenvalue weighted by Gasteiger charge is 2.29. The lowest BCUT2D eigenvalue weighted by atomic mass is 9.92. The summed E-state index contributed by atoms with van der Waals surface area (Å²) < 4.78 is 0. The Morgan fingerprint density at radius 1 is 1.28 bits per heavy atom. The molecule has 2 rings (SSSR count). The maximum absolute atomic E-state index is 9.68. The minimum Gasteiger partial charge on any atom is -0.394 e. The fourth-order valence-electron chi connectivity index (χ4n) is 2.07. The maximum atomic E-state index is 9.68. The van der Waals surface area contributed by atoms with Gasteiger partial charge in [-0.3, -0.25) is 0 Å². The number of nitrogens with zero attached hydrogens (tertiary/aromatic N) is 1. The highest BCUT2D eigenvalue weighted by atomic mass is 16.3. The number of rotatable bonds is 6. The molecule has 0 radical (unpaired) electrons. The first-order valence-corrected chi connectivity index (χ1v) is 6.69. The summed E-state index contributed by atoms with van der Waals surface area (Å²) in [6, 6.07) is 8.40. The van der Waals surface area contributed by atoms with Gasteiger partial charge in [0, 0.05) is 19.8 Å². The Labute approximate surface area is 110 Å². The van der Waals surface area contributed by atoms with Gasteiger partial charge in [0.25, 0.3) is 0 Å². The molecule has 1 aromatic rings. The molecule has 0 aromatic heterocycles. The van der Waals surface area contributed by atoms with Crippen LogP contribution in [0.2, 0.25) is 0 Å². The van der Waals surface area contributed by atoms with Crippen molar-refractivity contribution in [3.63, 3.8) is 0 Å². The van der Waals surface area contributed by atoms with E-state index in [4.69, 9.17) is 0 Å². The lowest BCUT2D eigenvalue weighted by Crippen LogP contribution is -2.43. The number of hydrogen-bond acceptors (Lipinski definition) is 3. The molecule has 1 aliphatic rings. The third-order valence-corrected chi connectivity index (χ3v) is 3.81. The van der Waals surface area contributed by atoms with E-state index in [1.54, 1.807) is 0 Å². The van der Waals surface area contributed by atoms with Crippen molar-refractivity contribution in [3.8, 4) is 0 Å². The van der Waals surface area contributed by atoms with Crippen LogP contribution in [0.3, 0.4) is 0 Å². The summed E-state index contributed by atoms with van der Waals surface area (Å²) in [6.07, 6.45) is 2.65. The molecular weight excluding hydrogens is 224 g/mol. The highest BCUT2D eigenvalue weighted by Crippen LogP contribution is 2.30. The van der Waals surface area contributed by atoms with Crippen LogP contribution in [0.4, 0.5) is 5.69 Å². The molecule has 1 aliphatic carbocycles. The van der Waals surface area contributed by atoms with Crippen LogP contribution in [0.5, 0.6) is 0 Å². The van der Waals surface area contributed by atoms with Crippen LogP contribution < -0.4 is 10.2 Å². The van der Waals surface area contributed by atoms with E-state index in [0.717, 1.165) is 18.0 Å². The molecule has 1 unspecified atom stereocenters. The van der Waals surface area contributed by atoms with Gasteiger partial charge in [-0.25, -0.2) is 0 Å². The standard InChI is InChI=1S/C15H24N2O/c1-15(11-18,16-10-12-4-5-12)13-6-8-14(9-7-13)17(2)3/h6-9,12,16,18H,4-5,10-11H2,1-3H3. The van der Waals surface area contributed by atoms with Gasteiger partial charge >= 0.3 is 0 Å². The zero-order valence-corrected chi connectivity index (χ0v) is 11.6. The van der Waals surface area contributed by atoms with Crippen molar-refractivity contribution in [2.75, 3.05) is 32.1 Å². The fraction of sp³-hybridized carbons (Fsp3) is 0.600. The number of benzene rings is 1. The maximum Gasteiger partial charge on any atom is 0.0652 e. The molecule has 3 nitrogen and oxygen atoms in total. The Hall–Kier alpha value is -1.06.